The molecule has 1 atom stereocenters. The lowest BCUT2D eigenvalue weighted by Crippen LogP contribution is -2.37. The van der Waals surface area contributed by atoms with E-state index in [0.29, 0.717) is 12.6 Å². The predicted molar refractivity (Wildman–Crippen MR) is 94.0 cm³/mol. The van der Waals surface area contributed by atoms with Crippen LogP contribution in [0.2, 0.25) is 0 Å². The second-order valence-corrected chi connectivity index (χ2v) is 7.03. The van der Waals surface area contributed by atoms with Crippen LogP contribution in [0.1, 0.15) is 23.0 Å². The average Bonchev–Trinajstić information content (AvgIpc) is 3.27. The molecule has 0 bridgehead atoms. The van der Waals surface area contributed by atoms with Gasteiger partial charge in [0.25, 0.3) is 0 Å². The average molecular weight is 340 g/mol. The van der Waals surface area contributed by atoms with E-state index in [0.717, 1.165) is 31.8 Å². The molecule has 6 heteroatoms. The van der Waals surface area contributed by atoms with Gasteiger partial charge in [0.15, 0.2) is 0 Å². The van der Waals surface area contributed by atoms with Crippen molar-refractivity contribution in [1.29, 1.82) is 0 Å². The molecule has 4 rings (SSSR count). The molecule has 0 aliphatic carbocycles. The molecule has 3 aromatic heterocycles. The molecule has 1 aliphatic rings. The van der Waals surface area contributed by atoms with Crippen molar-refractivity contribution in [2.24, 2.45) is 0 Å². The lowest BCUT2D eigenvalue weighted by molar-refractivity contribution is 0.148. The van der Waals surface area contributed by atoms with Crippen LogP contribution in [0.15, 0.2) is 54.3 Å². The van der Waals surface area contributed by atoms with Gasteiger partial charge in [-0.05, 0) is 29.6 Å². The molecule has 3 aromatic rings. The first kappa shape index (κ1) is 15.4. The minimum atomic E-state index is 0.348. The largest absolute Gasteiger partial charge is 0.492 e. The van der Waals surface area contributed by atoms with Crippen molar-refractivity contribution in [2.45, 2.75) is 25.6 Å². The third-order valence-corrected chi connectivity index (χ3v) is 5.13. The van der Waals surface area contributed by atoms with Gasteiger partial charge in [0, 0.05) is 43.3 Å². The Morgan fingerprint density at radius 3 is 3.04 bits per heavy atom. The maximum absolute atomic E-state index is 5.82. The van der Waals surface area contributed by atoms with Crippen LogP contribution in [0.25, 0.3) is 0 Å². The van der Waals surface area contributed by atoms with Gasteiger partial charge in [-0.15, -0.1) is 11.3 Å². The summed E-state index contributed by atoms with van der Waals surface area (Å²) >= 11 is 1.82. The van der Waals surface area contributed by atoms with E-state index in [4.69, 9.17) is 4.74 Å². The van der Waals surface area contributed by atoms with E-state index in [9.17, 15) is 0 Å². The van der Waals surface area contributed by atoms with E-state index in [1.807, 2.05) is 29.7 Å². The van der Waals surface area contributed by atoms with Gasteiger partial charge in [0.05, 0.1) is 24.5 Å². The van der Waals surface area contributed by atoms with E-state index in [1.165, 1.54) is 10.6 Å². The molecule has 0 radical (unpaired) electrons. The van der Waals surface area contributed by atoms with Gasteiger partial charge >= 0.3 is 0 Å². The summed E-state index contributed by atoms with van der Waals surface area (Å²) < 4.78 is 7.99. The maximum atomic E-state index is 5.82. The number of aromatic nitrogens is 3. The first-order valence-electron chi connectivity index (χ1n) is 8.18. The van der Waals surface area contributed by atoms with Gasteiger partial charge in [-0.2, -0.15) is 5.10 Å². The van der Waals surface area contributed by atoms with Crippen molar-refractivity contribution in [3.05, 3.63) is 64.9 Å². The standard InChI is InChI=1S/C18H20N4OS/c1-3-17(11-19-7-1)23-9-6-16-13-21(14-18-4-2-10-24-18)12-15-5-8-20-22(15)16/h1-5,7-8,10-11,16H,6,9,12-14H2. The molecule has 1 unspecified atom stereocenters. The summed E-state index contributed by atoms with van der Waals surface area (Å²) in [7, 11) is 0. The number of fused-ring (bicyclic) bond motifs is 1. The molecule has 5 nitrogen and oxygen atoms in total. The van der Waals surface area contributed by atoms with Gasteiger partial charge in [0.1, 0.15) is 5.75 Å². The summed E-state index contributed by atoms with van der Waals surface area (Å²) in [4.78, 5) is 7.99. The molecular formula is C18H20N4OS. The monoisotopic (exact) mass is 340 g/mol. The minimum Gasteiger partial charge on any atom is -0.492 e. The van der Waals surface area contributed by atoms with Gasteiger partial charge in [-0.1, -0.05) is 6.07 Å². The SMILES string of the molecule is c1cncc(OCCC2CN(Cc3cccs3)Cc3ccnn32)c1. The molecule has 0 amide bonds. The zero-order valence-electron chi connectivity index (χ0n) is 13.4. The summed E-state index contributed by atoms with van der Waals surface area (Å²) in [5.41, 5.74) is 1.28. The third kappa shape index (κ3) is 3.49. The quantitative estimate of drug-likeness (QED) is 0.690. The predicted octanol–water partition coefficient (Wildman–Crippen LogP) is 3.37. The molecule has 0 spiro atoms. The van der Waals surface area contributed by atoms with Crippen LogP contribution in [-0.2, 0) is 13.1 Å². The number of nitrogens with zero attached hydrogens (tertiary/aromatic N) is 4. The fraction of sp³-hybridized carbons (Fsp3) is 0.333. The zero-order chi connectivity index (χ0) is 16.2. The summed E-state index contributed by atoms with van der Waals surface area (Å²) in [6, 6.07) is 10.6. The lowest BCUT2D eigenvalue weighted by Gasteiger charge is -2.33. The Balaban J connectivity index is 1.40. The maximum Gasteiger partial charge on any atom is 0.137 e. The Morgan fingerprint density at radius 1 is 1.21 bits per heavy atom. The van der Waals surface area contributed by atoms with Gasteiger partial charge in [-0.3, -0.25) is 14.6 Å². The first-order valence-corrected chi connectivity index (χ1v) is 9.06. The number of rotatable bonds is 6. The van der Waals surface area contributed by atoms with Crippen LogP contribution in [0.3, 0.4) is 0 Å². The Bertz CT molecular complexity index is 756. The van der Waals surface area contributed by atoms with E-state index in [-0.39, 0.29) is 0 Å². The third-order valence-electron chi connectivity index (χ3n) is 4.27. The zero-order valence-corrected chi connectivity index (χ0v) is 14.2. The number of hydrogen-bond acceptors (Lipinski definition) is 5. The van der Waals surface area contributed by atoms with Crippen molar-refractivity contribution in [3.8, 4) is 5.75 Å². The molecule has 0 aromatic carbocycles. The highest BCUT2D eigenvalue weighted by Gasteiger charge is 2.25. The molecule has 0 saturated carbocycles. The molecule has 0 N–H and O–H groups in total. The fourth-order valence-electron chi connectivity index (χ4n) is 3.17. The molecule has 1 aliphatic heterocycles. The molecule has 4 heterocycles. The lowest BCUT2D eigenvalue weighted by atomic mass is 10.1. The highest BCUT2D eigenvalue weighted by Crippen LogP contribution is 2.25. The van der Waals surface area contributed by atoms with Gasteiger partial charge < -0.3 is 4.74 Å². The highest BCUT2D eigenvalue weighted by atomic mass is 32.1. The van der Waals surface area contributed by atoms with E-state index in [1.54, 1.807) is 12.4 Å². The summed E-state index contributed by atoms with van der Waals surface area (Å²) in [5, 5.41) is 6.66. The Labute approximate surface area is 145 Å². The normalized spacial score (nSPS) is 17.6. The van der Waals surface area contributed by atoms with Crippen molar-refractivity contribution in [1.82, 2.24) is 19.7 Å². The van der Waals surface area contributed by atoms with Crippen molar-refractivity contribution < 1.29 is 4.74 Å². The number of pyridine rings is 1. The van der Waals surface area contributed by atoms with Crippen LogP contribution < -0.4 is 4.74 Å². The molecule has 24 heavy (non-hydrogen) atoms. The fourth-order valence-corrected chi connectivity index (χ4v) is 3.91. The van der Waals surface area contributed by atoms with Crippen molar-refractivity contribution in [3.63, 3.8) is 0 Å². The van der Waals surface area contributed by atoms with E-state index < -0.39 is 0 Å². The molecule has 0 saturated heterocycles. The summed E-state index contributed by atoms with van der Waals surface area (Å²) in [6.07, 6.45) is 6.35. The van der Waals surface area contributed by atoms with Crippen molar-refractivity contribution >= 4 is 11.3 Å². The Morgan fingerprint density at radius 2 is 2.21 bits per heavy atom. The van der Waals surface area contributed by atoms with Gasteiger partial charge in [0.2, 0.25) is 0 Å². The highest BCUT2D eigenvalue weighted by molar-refractivity contribution is 7.09. The van der Waals surface area contributed by atoms with Crippen LogP contribution in [0.5, 0.6) is 5.75 Å². The van der Waals surface area contributed by atoms with Crippen molar-refractivity contribution in [2.75, 3.05) is 13.2 Å². The molecular weight excluding hydrogens is 320 g/mol. The van der Waals surface area contributed by atoms with Crippen LogP contribution in [-0.4, -0.2) is 32.8 Å². The summed E-state index contributed by atoms with van der Waals surface area (Å²) in [6.45, 7) is 3.63. The number of thiophene rings is 1. The smallest absolute Gasteiger partial charge is 0.137 e. The first-order chi connectivity index (χ1) is 11.9. The van der Waals surface area contributed by atoms with Crippen LogP contribution in [0.4, 0.5) is 0 Å². The summed E-state index contributed by atoms with van der Waals surface area (Å²) in [5.74, 6) is 0.824. The second kappa shape index (κ2) is 7.15. The second-order valence-electron chi connectivity index (χ2n) is 6.00. The number of hydrogen-bond donors (Lipinski definition) is 0. The van der Waals surface area contributed by atoms with E-state index in [2.05, 4.69) is 43.2 Å². The minimum absolute atomic E-state index is 0.348. The Kier molecular flexibility index (Phi) is 4.57. The van der Waals surface area contributed by atoms with E-state index >= 15 is 0 Å². The molecule has 0 fully saturated rings. The van der Waals surface area contributed by atoms with Crippen LogP contribution >= 0.6 is 11.3 Å². The molecule has 124 valence electrons. The van der Waals surface area contributed by atoms with Gasteiger partial charge in [-0.25, -0.2) is 0 Å². The van der Waals surface area contributed by atoms with Crippen LogP contribution in [0, 0.1) is 0 Å². The number of ether oxygens (including phenoxy) is 1. The topological polar surface area (TPSA) is 43.2 Å². The Hall–Kier alpha value is -2.18.